The number of carbonyl (C=O) groups excluding carboxylic acids is 4. The summed E-state index contributed by atoms with van der Waals surface area (Å²) in [6.07, 6.45) is -22.2. The third kappa shape index (κ3) is 16.0. The molecule has 452 valence electrons. The predicted octanol–water partition coefficient (Wildman–Crippen LogP) is 14.8. The molecule has 22 heteroatoms. The fourth-order valence-electron chi connectivity index (χ4n) is 10.5. The van der Waals surface area contributed by atoms with Crippen LogP contribution in [0.1, 0.15) is 108 Å². The number of hydrogen-bond donors (Lipinski definition) is 2. The fourth-order valence-corrected chi connectivity index (χ4v) is 10.5. The Morgan fingerprint density at radius 2 is 1.11 bits per heavy atom. The van der Waals surface area contributed by atoms with Crippen LogP contribution in [-0.4, -0.2) is 76.1 Å². The number of hydrogen-bond acceptors (Lipinski definition) is 10. The second-order valence-electron chi connectivity index (χ2n) is 21.5. The van der Waals surface area contributed by atoms with Crippen LogP contribution < -0.4 is 0 Å². The van der Waals surface area contributed by atoms with Crippen LogP contribution in [0.15, 0.2) is 152 Å². The maximum absolute atomic E-state index is 13.3. The van der Waals surface area contributed by atoms with Crippen molar-refractivity contribution in [3.05, 3.63) is 168 Å². The molecule has 0 amide bonds. The van der Waals surface area contributed by atoms with Crippen LogP contribution in [0.25, 0.3) is 10.8 Å². The van der Waals surface area contributed by atoms with Crippen LogP contribution >= 0.6 is 0 Å². The summed E-state index contributed by atoms with van der Waals surface area (Å²) >= 11 is 0. The molecular weight excluding hydrogens is 1120 g/mol. The maximum Gasteiger partial charge on any atom is 0.426 e. The number of carbonyl (C=O) groups is 4. The van der Waals surface area contributed by atoms with Gasteiger partial charge in [-0.2, -0.15) is 52.7 Å². The van der Waals surface area contributed by atoms with Crippen LogP contribution in [0.3, 0.4) is 0 Å². The molecule has 4 fully saturated rings. The molecule has 4 aromatic carbocycles. The molecule has 5 unspecified atom stereocenters. The van der Waals surface area contributed by atoms with Gasteiger partial charge in [0.15, 0.2) is 0 Å². The van der Waals surface area contributed by atoms with Gasteiger partial charge in [-0.3, -0.25) is 0 Å². The number of halogens is 12. The zero-order chi connectivity index (χ0) is 62.1. The van der Waals surface area contributed by atoms with E-state index < -0.39 is 96.3 Å². The van der Waals surface area contributed by atoms with Crippen LogP contribution in [0.5, 0.6) is 0 Å². The van der Waals surface area contributed by atoms with Gasteiger partial charge >= 0.3 is 48.6 Å². The first-order valence-corrected chi connectivity index (χ1v) is 26.2. The molecule has 1 heterocycles. The molecule has 3 aliphatic carbocycles. The van der Waals surface area contributed by atoms with Crippen LogP contribution in [0.2, 0.25) is 0 Å². The molecule has 5 atom stereocenters. The first kappa shape index (κ1) is 66.9. The van der Waals surface area contributed by atoms with E-state index >= 15 is 0 Å². The van der Waals surface area contributed by atoms with E-state index in [1.54, 1.807) is 38.1 Å². The molecule has 3 saturated carbocycles. The smallest absolute Gasteiger partial charge is 0.426 e. The molecule has 1 saturated heterocycles. The molecule has 1 aliphatic heterocycles. The Labute approximate surface area is 471 Å². The van der Waals surface area contributed by atoms with E-state index in [0.29, 0.717) is 34.9 Å². The highest BCUT2D eigenvalue weighted by Gasteiger charge is 2.74. The minimum atomic E-state index is -6.04. The topological polar surface area (TPSA) is 146 Å². The number of benzene rings is 4. The molecule has 0 spiro atoms. The highest BCUT2D eigenvalue weighted by atomic mass is 19.4. The first-order chi connectivity index (χ1) is 38.4. The first-order valence-electron chi connectivity index (χ1n) is 26.2. The molecule has 4 aromatic rings. The quantitative estimate of drug-likeness (QED) is 0.0574. The lowest BCUT2D eigenvalue weighted by Gasteiger charge is -2.39. The van der Waals surface area contributed by atoms with E-state index in [2.05, 4.69) is 38.4 Å². The van der Waals surface area contributed by atoms with E-state index in [-0.39, 0.29) is 47.4 Å². The molecule has 8 rings (SSSR count). The lowest BCUT2D eigenvalue weighted by atomic mass is 9.78. The van der Waals surface area contributed by atoms with Gasteiger partial charge in [-0.25, -0.2) is 19.2 Å². The average Bonchev–Trinajstić information content (AvgIpc) is 4.20. The number of aliphatic hydroxyl groups is 2. The zero-order valence-electron chi connectivity index (χ0n) is 45.6. The van der Waals surface area contributed by atoms with Gasteiger partial charge in [-0.05, 0) is 123 Å². The van der Waals surface area contributed by atoms with Gasteiger partial charge in [0, 0.05) is 35.1 Å². The number of alkyl halides is 12. The normalized spacial score (nSPS) is 21.4. The summed E-state index contributed by atoms with van der Waals surface area (Å²) in [5.41, 5.74) is -9.78. The van der Waals surface area contributed by atoms with E-state index in [4.69, 9.17) is 18.9 Å². The number of cyclic esters (lactones) is 1. The second kappa shape index (κ2) is 26.3. The van der Waals surface area contributed by atoms with Crippen molar-refractivity contribution in [2.24, 2.45) is 17.8 Å². The number of rotatable bonds is 13. The largest absolute Gasteiger partial charge is 0.459 e. The Kier molecular flexibility index (Phi) is 21.2. The molecule has 0 radical (unpaired) electrons. The van der Waals surface area contributed by atoms with E-state index in [1.807, 2.05) is 48.5 Å². The monoisotopic (exact) mass is 1180 g/mol. The Morgan fingerprint density at radius 3 is 1.58 bits per heavy atom. The molecule has 2 bridgehead atoms. The third-order valence-electron chi connectivity index (χ3n) is 15.0. The number of ether oxygens (including phenoxy) is 4. The van der Waals surface area contributed by atoms with E-state index in [0.717, 1.165) is 36.8 Å². The molecular formula is C61H64F12O10. The molecule has 4 aliphatic rings. The maximum atomic E-state index is 13.3. The summed E-state index contributed by atoms with van der Waals surface area (Å²) < 4.78 is 177. The van der Waals surface area contributed by atoms with Gasteiger partial charge in [0.05, 0.1) is 0 Å². The number of esters is 4. The SMILES string of the molecule is C=C(C)C(=O)OC1(c2ccccc2)CCCCC1.C=C(C)C(=O)OC1CC2CC1CC2CC(O)(C(F)(F)F)C(F)(F)F.C=C(C)C(=O)OCc1ccccc1.C=C1CC(CC(O)(C(F)(F)F)C(F)(F)F)(c2ccc3ccccc3c2)OC1=O. The highest BCUT2D eigenvalue weighted by Crippen LogP contribution is 2.57. The minimum Gasteiger partial charge on any atom is -0.459 e. The molecule has 83 heavy (non-hydrogen) atoms. The Hall–Kier alpha value is -6.94. The van der Waals surface area contributed by atoms with Crippen molar-refractivity contribution in [1.29, 1.82) is 0 Å². The standard InChI is InChI=1S/C19H14F6O3.C16H20O2.C15H18F6O3.C11H12O2/c1-11-9-16(28-15(11)26,10-17(27,18(20,21)22)19(23,24)25)14-7-6-12-4-2-3-5-13(12)8-14;1-13(2)15(17)18-16(11-7-4-8-12-16)14-9-5-3-6-10-14;1-7(2)12(22)24-11-5-8-3-9(11)4-10(8)6-13(23,14(16,17)18)15(19,20)21;1-9(2)11(12)13-8-10-6-4-3-5-7-10/h2-8,27H,1,9-10H2;3,5-6,9-10H,1,4,7-8,11-12H2,2H3;8-11,23H,1,3-6H2,2H3;3-7H,1,8H2,2H3. The Balaban J connectivity index is 0.000000210. The van der Waals surface area contributed by atoms with Crippen LogP contribution in [0, 0.1) is 17.8 Å². The van der Waals surface area contributed by atoms with Gasteiger partial charge < -0.3 is 29.2 Å². The van der Waals surface area contributed by atoms with Gasteiger partial charge in [0.25, 0.3) is 11.2 Å². The summed E-state index contributed by atoms with van der Waals surface area (Å²) in [7, 11) is 0. The molecule has 2 N–H and O–H groups in total. The number of fused-ring (bicyclic) bond motifs is 3. The van der Waals surface area contributed by atoms with Gasteiger partial charge in [-0.15, -0.1) is 0 Å². The lowest BCUT2D eigenvalue weighted by Crippen LogP contribution is -2.60. The minimum absolute atomic E-state index is 0.0628. The van der Waals surface area contributed by atoms with Gasteiger partial charge in [0.2, 0.25) is 0 Å². The van der Waals surface area contributed by atoms with Crippen LogP contribution in [0.4, 0.5) is 52.7 Å². The Bertz CT molecular complexity index is 2930. The van der Waals surface area contributed by atoms with Crippen molar-refractivity contribution >= 4 is 34.6 Å². The van der Waals surface area contributed by atoms with Crippen molar-refractivity contribution in [3.8, 4) is 0 Å². The van der Waals surface area contributed by atoms with Crippen molar-refractivity contribution in [2.75, 3.05) is 0 Å². The average molecular weight is 1190 g/mol. The summed E-state index contributed by atoms with van der Waals surface area (Å²) in [6.45, 7) is 19.0. The fraction of sp³-hybridized carbons (Fsp3) is 0.443. The molecule has 0 aromatic heterocycles. The van der Waals surface area contributed by atoms with Crippen molar-refractivity contribution in [3.63, 3.8) is 0 Å². The second-order valence-corrected chi connectivity index (χ2v) is 21.5. The van der Waals surface area contributed by atoms with E-state index in [1.165, 1.54) is 31.5 Å². The summed E-state index contributed by atoms with van der Waals surface area (Å²) in [5, 5.41) is 20.2. The van der Waals surface area contributed by atoms with Crippen molar-refractivity contribution < 1.29 is 101 Å². The van der Waals surface area contributed by atoms with Crippen molar-refractivity contribution in [2.45, 2.75) is 151 Å². The molecule has 10 nitrogen and oxygen atoms in total. The van der Waals surface area contributed by atoms with Gasteiger partial charge in [0.1, 0.15) is 23.9 Å². The summed E-state index contributed by atoms with van der Waals surface area (Å²) in [5.74, 6) is -3.98. The van der Waals surface area contributed by atoms with Crippen molar-refractivity contribution in [1.82, 2.24) is 0 Å². The van der Waals surface area contributed by atoms with E-state index in [9.17, 15) is 82.1 Å². The lowest BCUT2D eigenvalue weighted by molar-refractivity contribution is -0.378. The van der Waals surface area contributed by atoms with Gasteiger partial charge in [-0.1, -0.05) is 130 Å². The predicted molar refractivity (Wildman–Crippen MR) is 281 cm³/mol. The summed E-state index contributed by atoms with van der Waals surface area (Å²) in [4.78, 5) is 46.2. The third-order valence-corrected chi connectivity index (χ3v) is 15.0. The van der Waals surface area contributed by atoms with Crippen LogP contribution in [-0.2, 0) is 55.9 Å². The summed E-state index contributed by atoms with van der Waals surface area (Å²) in [6, 6.07) is 30.4. The zero-order valence-corrected chi connectivity index (χ0v) is 45.6. The Morgan fingerprint density at radius 1 is 0.602 bits per heavy atom. The highest BCUT2D eigenvalue weighted by molar-refractivity contribution is 5.91.